The molecule has 0 aromatic heterocycles. The normalized spacial score (nSPS) is 11.1. The van der Waals surface area contributed by atoms with E-state index in [4.69, 9.17) is 0 Å². The summed E-state index contributed by atoms with van der Waals surface area (Å²) in [6.07, 6.45) is 14.7. The van der Waals surface area contributed by atoms with Crippen molar-refractivity contribution in [1.82, 2.24) is 5.32 Å². The van der Waals surface area contributed by atoms with Crippen LogP contribution >= 0.6 is 7.26 Å². The van der Waals surface area contributed by atoms with Crippen molar-refractivity contribution in [2.24, 2.45) is 0 Å². The van der Waals surface area contributed by atoms with E-state index in [0.717, 1.165) is 6.42 Å². The second-order valence-electron chi connectivity index (χ2n) is 8.36. The lowest BCUT2D eigenvalue weighted by atomic mass is 10.1. The summed E-state index contributed by atoms with van der Waals surface area (Å²) >= 11 is 0. The topological polar surface area (TPSA) is 72.2 Å². The molecule has 0 fully saturated rings. The van der Waals surface area contributed by atoms with Gasteiger partial charge in [-0.3, -0.25) is 14.9 Å². The predicted octanol–water partition coefficient (Wildman–Crippen LogP) is 3.70. The molecule has 0 radical (unpaired) electrons. The molecule has 31 heavy (non-hydrogen) atoms. The van der Waals surface area contributed by atoms with Crippen LogP contribution in [0.1, 0.15) is 88.6 Å². The van der Waals surface area contributed by atoms with Crippen LogP contribution in [0.4, 0.5) is 5.69 Å². The molecule has 1 aromatic carbocycles. The van der Waals surface area contributed by atoms with Crippen LogP contribution in [-0.2, 0) is 6.42 Å². The van der Waals surface area contributed by atoms with Crippen LogP contribution in [0.3, 0.4) is 0 Å². The number of carbonyl (C=O) groups excluding carboxylic acids is 1. The van der Waals surface area contributed by atoms with E-state index in [-0.39, 0.29) is 28.6 Å². The minimum Gasteiger partial charge on any atom is -1.00 e. The van der Waals surface area contributed by atoms with Gasteiger partial charge in [0.05, 0.1) is 29.6 Å². The number of rotatable bonds is 16. The third-order valence-electron chi connectivity index (χ3n) is 5.98. The molecule has 0 heterocycles. The molecule has 0 saturated carbocycles. The minimum atomic E-state index is -0.950. The predicted molar refractivity (Wildman–Crippen MR) is 131 cm³/mol. The Labute approximate surface area is 200 Å². The van der Waals surface area contributed by atoms with Crippen LogP contribution in [0.5, 0.6) is 0 Å². The highest BCUT2D eigenvalue weighted by atomic mass is 79.9. The van der Waals surface area contributed by atoms with Crippen LogP contribution in [0.2, 0.25) is 0 Å². The molecule has 0 spiro atoms. The fourth-order valence-corrected chi connectivity index (χ4v) is 9.18. The molecule has 1 rings (SSSR count). The standard InChI is InChI=1S/C24H41N2O3P.BrH/c1-5-9-16-30(17-10-6-2,18-11-7-3)19-12-15-25-24(27)22-14-13-21(8-4)23(20-22)26(28)29;/h13-14,20H,5-12,15-19H2,1-4H3;1H. The lowest BCUT2D eigenvalue weighted by Gasteiger charge is -2.28. The van der Waals surface area contributed by atoms with E-state index in [0.29, 0.717) is 24.1 Å². The fraction of sp³-hybridized carbons (Fsp3) is 0.708. The Hall–Kier alpha value is -1.00. The Balaban J connectivity index is 0.00000900. The molecule has 0 unspecified atom stereocenters. The Morgan fingerprint density at radius 1 is 0.935 bits per heavy atom. The summed E-state index contributed by atoms with van der Waals surface area (Å²) < 4.78 is 0. The number of nitro groups is 1. The van der Waals surface area contributed by atoms with E-state index in [2.05, 4.69) is 26.1 Å². The molecule has 0 aliphatic heterocycles. The molecular formula is C24H42BrN2O3P. The number of halogens is 1. The summed E-state index contributed by atoms with van der Waals surface area (Å²) in [5.41, 5.74) is 1.07. The molecular weight excluding hydrogens is 475 g/mol. The highest BCUT2D eigenvalue weighted by molar-refractivity contribution is 7.75. The lowest BCUT2D eigenvalue weighted by Crippen LogP contribution is -3.00. The van der Waals surface area contributed by atoms with Gasteiger partial charge in [-0.15, -0.1) is 0 Å². The lowest BCUT2D eigenvalue weighted by molar-refractivity contribution is -0.385. The molecule has 1 amide bonds. The summed E-state index contributed by atoms with van der Waals surface area (Å²) in [7, 11) is -0.950. The van der Waals surface area contributed by atoms with Crippen LogP contribution in [0.25, 0.3) is 0 Å². The summed E-state index contributed by atoms with van der Waals surface area (Å²) in [5.74, 6) is -0.208. The quantitative estimate of drug-likeness (QED) is 0.157. The zero-order valence-electron chi connectivity index (χ0n) is 19.9. The molecule has 7 heteroatoms. The van der Waals surface area contributed by atoms with Gasteiger partial charge in [-0.25, -0.2) is 0 Å². The van der Waals surface area contributed by atoms with Crippen molar-refractivity contribution in [3.05, 3.63) is 39.4 Å². The number of aryl methyl sites for hydroxylation is 1. The van der Waals surface area contributed by atoms with Gasteiger partial charge in [0.2, 0.25) is 0 Å². The number of hydrogen-bond acceptors (Lipinski definition) is 3. The number of hydrogen-bond donors (Lipinski definition) is 1. The van der Waals surface area contributed by atoms with E-state index < -0.39 is 12.2 Å². The van der Waals surface area contributed by atoms with Crippen molar-refractivity contribution < 1.29 is 26.7 Å². The highest BCUT2D eigenvalue weighted by Gasteiger charge is 2.34. The summed E-state index contributed by atoms with van der Waals surface area (Å²) in [6, 6.07) is 4.81. The summed E-state index contributed by atoms with van der Waals surface area (Å²) in [6.45, 7) is 9.36. The Morgan fingerprint density at radius 3 is 1.90 bits per heavy atom. The van der Waals surface area contributed by atoms with Gasteiger partial charge in [0, 0.05) is 31.0 Å². The van der Waals surface area contributed by atoms with Gasteiger partial charge in [0.25, 0.3) is 11.6 Å². The van der Waals surface area contributed by atoms with Crippen molar-refractivity contribution in [2.45, 2.75) is 79.1 Å². The molecule has 1 aromatic rings. The molecule has 0 saturated heterocycles. The van der Waals surface area contributed by atoms with Crippen molar-refractivity contribution in [3.8, 4) is 0 Å². The monoisotopic (exact) mass is 516 g/mol. The van der Waals surface area contributed by atoms with Gasteiger partial charge in [-0.1, -0.05) is 53.0 Å². The SMILES string of the molecule is CCCC[P+](CCCC)(CCCC)CCCNC(=O)c1ccc(CC)c([N+](=O)[O-])c1.[Br-]. The van der Waals surface area contributed by atoms with Crippen molar-refractivity contribution >= 4 is 18.9 Å². The first kappa shape index (κ1) is 30.0. The third kappa shape index (κ3) is 10.4. The van der Waals surface area contributed by atoms with Crippen molar-refractivity contribution in [2.75, 3.05) is 31.2 Å². The number of unbranched alkanes of at least 4 members (excludes halogenated alkanes) is 3. The second-order valence-corrected chi connectivity index (χ2v) is 12.8. The fourth-order valence-electron chi connectivity index (χ4n) is 4.04. The number of nitro benzene ring substituents is 1. The molecule has 178 valence electrons. The van der Waals surface area contributed by atoms with Crippen molar-refractivity contribution in [3.63, 3.8) is 0 Å². The first-order chi connectivity index (χ1) is 14.4. The van der Waals surface area contributed by atoms with Crippen LogP contribution in [0, 0.1) is 10.1 Å². The number of amides is 1. The number of carbonyl (C=O) groups is 1. The summed E-state index contributed by atoms with van der Waals surface area (Å²) in [5, 5.41) is 14.3. The van der Waals surface area contributed by atoms with E-state index in [1.54, 1.807) is 12.1 Å². The van der Waals surface area contributed by atoms with Crippen molar-refractivity contribution in [1.29, 1.82) is 0 Å². The minimum absolute atomic E-state index is 0. The van der Waals surface area contributed by atoms with Gasteiger partial charge >= 0.3 is 0 Å². The smallest absolute Gasteiger partial charge is 0.273 e. The number of benzene rings is 1. The maximum absolute atomic E-state index is 12.5. The van der Waals surface area contributed by atoms with E-state index in [9.17, 15) is 14.9 Å². The van der Waals surface area contributed by atoms with Gasteiger partial charge in [0.15, 0.2) is 0 Å². The van der Waals surface area contributed by atoms with Gasteiger partial charge < -0.3 is 22.3 Å². The Kier molecular flexibility index (Phi) is 16.1. The molecule has 5 nitrogen and oxygen atoms in total. The summed E-state index contributed by atoms with van der Waals surface area (Å²) in [4.78, 5) is 23.4. The average molecular weight is 517 g/mol. The Bertz CT molecular complexity index is 648. The third-order valence-corrected chi connectivity index (χ3v) is 11.0. The number of nitrogens with zero attached hydrogens (tertiary/aromatic N) is 1. The second kappa shape index (κ2) is 16.6. The molecule has 0 bridgehead atoms. The molecule has 0 atom stereocenters. The van der Waals surface area contributed by atoms with Crippen LogP contribution < -0.4 is 22.3 Å². The van der Waals surface area contributed by atoms with E-state index >= 15 is 0 Å². The first-order valence-electron chi connectivity index (χ1n) is 11.8. The van der Waals surface area contributed by atoms with Crippen LogP contribution in [0.15, 0.2) is 18.2 Å². The van der Waals surface area contributed by atoms with Crippen LogP contribution in [-0.4, -0.2) is 42.0 Å². The van der Waals surface area contributed by atoms with E-state index in [1.165, 1.54) is 69.2 Å². The number of nitrogens with one attached hydrogen (secondary N) is 1. The van der Waals surface area contributed by atoms with Gasteiger partial charge in [-0.2, -0.15) is 0 Å². The zero-order chi connectivity index (χ0) is 22.4. The molecule has 0 aliphatic rings. The largest absolute Gasteiger partial charge is 1.00 e. The average Bonchev–Trinajstić information content (AvgIpc) is 2.76. The molecule has 1 N–H and O–H groups in total. The Morgan fingerprint density at radius 2 is 1.45 bits per heavy atom. The van der Waals surface area contributed by atoms with Gasteiger partial charge in [-0.05, 0) is 38.2 Å². The van der Waals surface area contributed by atoms with E-state index in [1.807, 2.05) is 6.92 Å². The maximum Gasteiger partial charge on any atom is 0.273 e. The first-order valence-corrected chi connectivity index (χ1v) is 14.4. The van der Waals surface area contributed by atoms with Gasteiger partial charge in [0.1, 0.15) is 0 Å². The molecule has 0 aliphatic carbocycles. The zero-order valence-corrected chi connectivity index (χ0v) is 22.4. The highest BCUT2D eigenvalue weighted by Crippen LogP contribution is 2.61. The maximum atomic E-state index is 12.5.